The number of amides is 1. The molecule has 0 saturated heterocycles. The molecule has 0 radical (unpaired) electrons. The summed E-state index contributed by atoms with van der Waals surface area (Å²) >= 11 is 0. The van der Waals surface area contributed by atoms with Crippen LogP contribution in [0, 0.1) is 5.82 Å². The smallest absolute Gasteiger partial charge is 0.292 e. The van der Waals surface area contributed by atoms with Gasteiger partial charge in [-0.25, -0.2) is 9.37 Å². The van der Waals surface area contributed by atoms with Gasteiger partial charge < -0.3 is 14.3 Å². The molecule has 0 aliphatic heterocycles. The van der Waals surface area contributed by atoms with Crippen molar-refractivity contribution in [3.63, 3.8) is 0 Å². The van der Waals surface area contributed by atoms with Gasteiger partial charge in [0.25, 0.3) is 5.91 Å². The van der Waals surface area contributed by atoms with Crippen LogP contribution in [-0.4, -0.2) is 25.2 Å². The third-order valence-corrected chi connectivity index (χ3v) is 5.15. The van der Waals surface area contributed by atoms with Crippen molar-refractivity contribution in [1.29, 1.82) is 0 Å². The molecule has 5 aromatic rings. The Morgan fingerprint density at radius 3 is 2.55 bits per heavy atom. The van der Waals surface area contributed by atoms with Crippen LogP contribution in [0.4, 0.5) is 10.2 Å². The molecule has 2 aromatic carbocycles. The average Bonchev–Trinajstić information content (AvgIpc) is 3.59. The molecule has 0 atom stereocenters. The molecule has 1 N–H and O–H groups in total. The second-order valence-corrected chi connectivity index (χ2v) is 7.49. The van der Waals surface area contributed by atoms with Gasteiger partial charge in [-0.15, -0.1) is 0 Å². The summed E-state index contributed by atoms with van der Waals surface area (Å²) < 4.78 is 22.7. The van der Waals surface area contributed by atoms with Crippen LogP contribution in [0.2, 0.25) is 0 Å². The summed E-state index contributed by atoms with van der Waals surface area (Å²) in [7, 11) is 0. The molecule has 0 aliphatic rings. The van der Waals surface area contributed by atoms with Gasteiger partial charge >= 0.3 is 0 Å². The summed E-state index contributed by atoms with van der Waals surface area (Å²) in [4.78, 5) is 17.5. The number of anilines is 1. The zero-order chi connectivity index (χ0) is 22.6. The Balaban J connectivity index is 1.43. The number of rotatable bonds is 7. The first kappa shape index (κ1) is 20.4. The summed E-state index contributed by atoms with van der Waals surface area (Å²) in [5.74, 6) is 0.545. The van der Waals surface area contributed by atoms with Gasteiger partial charge in [-0.3, -0.25) is 9.48 Å². The molecule has 1 amide bonds. The minimum atomic E-state index is -0.403. The van der Waals surface area contributed by atoms with Gasteiger partial charge in [0.2, 0.25) is 0 Å². The van der Waals surface area contributed by atoms with Crippen LogP contribution in [-0.2, 0) is 13.1 Å². The lowest BCUT2D eigenvalue weighted by Crippen LogP contribution is -2.15. The fourth-order valence-corrected chi connectivity index (χ4v) is 3.54. The maximum Gasteiger partial charge on any atom is 0.292 e. The lowest BCUT2D eigenvalue weighted by atomic mass is 10.1. The van der Waals surface area contributed by atoms with Crippen molar-refractivity contribution < 1.29 is 13.6 Å². The van der Waals surface area contributed by atoms with Crippen LogP contribution >= 0.6 is 0 Å². The van der Waals surface area contributed by atoms with Gasteiger partial charge in [0.05, 0.1) is 19.4 Å². The van der Waals surface area contributed by atoms with Crippen molar-refractivity contribution in [3.8, 4) is 11.3 Å². The van der Waals surface area contributed by atoms with Gasteiger partial charge in [0.1, 0.15) is 23.1 Å². The molecular weight excluding hydrogens is 421 g/mol. The monoisotopic (exact) mass is 441 g/mol. The highest BCUT2D eigenvalue weighted by Crippen LogP contribution is 2.28. The number of hydrogen-bond donors (Lipinski definition) is 1. The molecule has 33 heavy (non-hydrogen) atoms. The van der Waals surface area contributed by atoms with Gasteiger partial charge in [-0.05, 0) is 48.0 Å². The minimum Gasteiger partial charge on any atom is -0.454 e. The van der Waals surface area contributed by atoms with E-state index in [1.54, 1.807) is 41.5 Å². The van der Waals surface area contributed by atoms with E-state index in [9.17, 15) is 9.18 Å². The van der Waals surface area contributed by atoms with E-state index in [0.717, 1.165) is 5.56 Å². The normalized spacial score (nSPS) is 10.9. The van der Waals surface area contributed by atoms with E-state index in [-0.39, 0.29) is 11.6 Å². The van der Waals surface area contributed by atoms with Crippen molar-refractivity contribution >= 4 is 11.7 Å². The Hall–Kier alpha value is -4.46. The molecule has 0 aliphatic carbocycles. The Morgan fingerprint density at radius 1 is 0.970 bits per heavy atom. The van der Waals surface area contributed by atoms with Crippen LogP contribution in [0.1, 0.15) is 21.9 Å². The zero-order valence-corrected chi connectivity index (χ0v) is 17.6. The highest BCUT2D eigenvalue weighted by molar-refractivity contribution is 6.03. The summed E-state index contributed by atoms with van der Waals surface area (Å²) in [5, 5.41) is 7.08. The van der Waals surface area contributed by atoms with E-state index in [4.69, 9.17) is 4.42 Å². The number of nitrogens with one attached hydrogen (secondary N) is 1. The highest BCUT2D eigenvalue weighted by Gasteiger charge is 2.19. The Labute approximate surface area is 189 Å². The lowest BCUT2D eigenvalue weighted by Gasteiger charge is -2.11. The Morgan fingerprint density at radius 2 is 1.79 bits per heavy atom. The quantitative estimate of drug-likeness (QED) is 0.393. The van der Waals surface area contributed by atoms with E-state index in [1.165, 1.54) is 12.1 Å². The van der Waals surface area contributed by atoms with Crippen molar-refractivity contribution in [2.45, 2.75) is 13.1 Å². The fourth-order valence-electron chi connectivity index (χ4n) is 3.54. The number of halogens is 1. The molecule has 3 heterocycles. The summed E-state index contributed by atoms with van der Waals surface area (Å²) in [6, 6.07) is 21.0. The predicted molar refractivity (Wildman–Crippen MR) is 121 cm³/mol. The zero-order valence-electron chi connectivity index (χ0n) is 17.6. The van der Waals surface area contributed by atoms with Crippen LogP contribution in [0.5, 0.6) is 0 Å². The first-order valence-corrected chi connectivity index (χ1v) is 10.4. The fraction of sp³-hybridized carbons (Fsp3) is 0.0800. The van der Waals surface area contributed by atoms with Gasteiger partial charge in [0, 0.05) is 18.0 Å². The molecule has 0 unspecified atom stereocenters. The number of imidazole rings is 1. The molecule has 0 spiro atoms. The molecule has 8 heteroatoms. The second-order valence-electron chi connectivity index (χ2n) is 7.49. The largest absolute Gasteiger partial charge is 0.454 e. The van der Waals surface area contributed by atoms with Gasteiger partial charge in [-0.1, -0.05) is 30.3 Å². The maximum atomic E-state index is 13.5. The standard InChI is InChI=1S/C25H20FN5O2/c26-20-9-7-19(8-10-20)23-24(30(17-27-23)15-18-5-2-1-3-6-18)29-25(32)22-12-11-21(33-22)16-31-14-4-13-28-31/h1-14,17H,15-16H2,(H,29,32). The number of hydrogen-bond acceptors (Lipinski definition) is 4. The lowest BCUT2D eigenvalue weighted by molar-refractivity contribution is 0.0994. The van der Waals surface area contributed by atoms with Crippen molar-refractivity contribution in [3.05, 3.63) is 114 Å². The molecular formula is C25H20FN5O2. The predicted octanol–water partition coefficient (Wildman–Crippen LogP) is 4.83. The van der Waals surface area contributed by atoms with Crippen molar-refractivity contribution in [2.24, 2.45) is 0 Å². The topological polar surface area (TPSA) is 77.9 Å². The third kappa shape index (κ3) is 4.59. The Bertz CT molecular complexity index is 1360. The van der Waals surface area contributed by atoms with Gasteiger partial charge in [0.15, 0.2) is 5.76 Å². The van der Waals surface area contributed by atoms with Crippen molar-refractivity contribution in [2.75, 3.05) is 5.32 Å². The van der Waals surface area contributed by atoms with Gasteiger partial charge in [-0.2, -0.15) is 5.10 Å². The van der Waals surface area contributed by atoms with Crippen LogP contribution in [0.25, 0.3) is 11.3 Å². The maximum absolute atomic E-state index is 13.5. The van der Waals surface area contributed by atoms with E-state index in [2.05, 4.69) is 15.4 Å². The molecule has 5 rings (SSSR count). The molecule has 0 bridgehead atoms. The van der Waals surface area contributed by atoms with Crippen molar-refractivity contribution in [1.82, 2.24) is 19.3 Å². The second kappa shape index (κ2) is 8.96. The SMILES string of the molecule is O=C(Nc1c(-c2ccc(F)cc2)ncn1Cc1ccccc1)c1ccc(Cn2cccn2)o1. The molecule has 164 valence electrons. The minimum absolute atomic E-state index is 0.176. The first-order chi connectivity index (χ1) is 16.2. The number of carbonyl (C=O) groups excluding carboxylic acids is 1. The number of furan rings is 1. The third-order valence-electron chi connectivity index (χ3n) is 5.15. The molecule has 0 saturated carbocycles. The number of benzene rings is 2. The van der Waals surface area contributed by atoms with E-state index < -0.39 is 5.91 Å². The first-order valence-electron chi connectivity index (χ1n) is 10.4. The Kier molecular flexibility index (Phi) is 5.55. The van der Waals surface area contributed by atoms with Crippen LogP contribution in [0.3, 0.4) is 0 Å². The molecule has 3 aromatic heterocycles. The number of aromatic nitrogens is 4. The van der Waals surface area contributed by atoms with Crippen LogP contribution < -0.4 is 5.32 Å². The number of carbonyl (C=O) groups is 1. The summed E-state index contributed by atoms with van der Waals surface area (Å²) in [5.41, 5.74) is 2.29. The number of nitrogens with zero attached hydrogens (tertiary/aromatic N) is 4. The van der Waals surface area contributed by atoms with E-state index >= 15 is 0 Å². The van der Waals surface area contributed by atoms with Crippen LogP contribution in [0.15, 0.2) is 95.9 Å². The van der Waals surface area contributed by atoms with E-state index in [0.29, 0.717) is 35.9 Å². The average molecular weight is 441 g/mol. The van der Waals surface area contributed by atoms with E-state index in [1.807, 2.05) is 47.2 Å². The molecule has 0 fully saturated rings. The summed E-state index contributed by atoms with van der Waals surface area (Å²) in [6.45, 7) is 0.931. The highest BCUT2D eigenvalue weighted by atomic mass is 19.1. The molecule has 7 nitrogen and oxygen atoms in total. The summed E-state index contributed by atoms with van der Waals surface area (Å²) in [6.07, 6.45) is 5.16.